The van der Waals surface area contributed by atoms with Gasteiger partial charge < -0.3 is 10.2 Å². The van der Waals surface area contributed by atoms with Gasteiger partial charge >= 0.3 is 5.69 Å². The SMILES string of the molecule is O=C(NC1CCc2nn(Cc3cccnc3)c(=O)n2CC1)c1ccc(N2CCCC2)cc1. The van der Waals surface area contributed by atoms with E-state index in [-0.39, 0.29) is 17.6 Å². The van der Waals surface area contributed by atoms with Crippen molar-refractivity contribution < 1.29 is 4.79 Å². The lowest BCUT2D eigenvalue weighted by atomic mass is 10.1. The summed E-state index contributed by atoms with van der Waals surface area (Å²) in [5.74, 6) is 0.724. The largest absolute Gasteiger partial charge is 0.372 e. The molecule has 0 spiro atoms. The molecule has 5 rings (SSSR count). The molecule has 1 amide bonds. The Morgan fingerprint density at radius 1 is 1.06 bits per heavy atom. The van der Waals surface area contributed by atoms with E-state index < -0.39 is 0 Å². The first-order valence-corrected chi connectivity index (χ1v) is 11.4. The number of aromatic nitrogens is 4. The van der Waals surface area contributed by atoms with E-state index in [0.29, 0.717) is 31.5 Å². The number of rotatable bonds is 5. The summed E-state index contributed by atoms with van der Waals surface area (Å²) in [6.07, 6.45) is 8.06. The summed E-state index contributed by atoms with van der Waals surface area (Å²) in [5, 5.41) is 7.70. The van der Waals surface area contributed by atoms with Crippen LogP contribution in [-0.2, 0) is 19.5 Å². The number of aryl methyl sites for hydroxylation is 1. The fourth-order valence-electron chi connectivity index (χ4n) is 4.61. The summed E-state index contributed by atoms with van der Waals surface area (Å²) in [5.41, 5.74) is 2.70. The van der Waals surface area contributed by atoms with Crippen molar-refractivity contribution in [1.29, 1.82) is 0 Å². The van der Waals surface area contributed by atoms with Crippen molar-refractivity contribution in [1.82, 2.24) is 24.6 Å². The van der Waals surface area contributed by atoms with Gasteiger partial charge in [0.1, 0.15) is 5.82 Å². The Bertz CT molecular complexity index is 1130. The average molecular weight is 433 g/mol. The zero-order valence-electron chi connectivity index (χ0n) is 18.1. The second kappa shape index (κ2) is 8.98. The minimum Gasteiger partial charge on any atom is -0.372 e. The van der Waals surface area contributed by atoms with E-state index in [1.54, 1.807) is 17.0 Å². The van der Waals surface area contributed by atoms with Crippen LogP contribution in [0.25, 0.3) is 0 Å². The standard InChI is InChI=1S/C24H28N6O2/c31-23(19-5-8-21(9-6-19)28-13-1-2-14-28)26-20-7-10-22-27-30(24(32)29(22)15-11-20)17-18-4-3-12-25-16-18/h3-6,8-9,12,16,20H,1-2,7,10-11,13-15,17H2,(H,26,31). The second-order valence-electron chi connectivity index (χ2n) is 8.61. The van der Waals surface area contributed by atoms with E-state index in [0.717, 1.165) is 30.9 Å². The first kappa shape index (κ1) is 20.5. The monoisotopic (exact) mass is 432 g/mol. The van der Waals surface area contributed by atoms with Gasteiger partial charge in [-0.05, 0) is 61.6 Å². The molecule has 8 heteroatoms. The molecule has 3 aromatic rings. The fourth-order valence-corrected chi connectivity index (χ4v) is 4.61. The quantitative estimate of drug-likeness (QED) is 0.668. The van der Waals surface area contributed by atoms with Crippen LogP contribution in [-0.4, -0.2) is 44.4 Å². The van der Waals surface area contributed by atoms with Gasteiger partial charge in [0, 0.05) is 55.7 Å². The summed E-state index contributed by atoms with van der Waals surface area (Å²) in [4.78, 5) is 32.0. The molecule has 2 aliphatic heterocycles. The van der Waals surface area contributed by atoms with E-state index in [1.165, 1.54) is 23.2 Å². The van der Waals surface area contributed by atoms with Crippen molar-refractivity contribution in [3.8, 4) is 0 Å². The number of hydrogen-bond donors (Lipinski definition) is 1. The third-order valence-corrected chi connectivity index (χ3v) is 6.41. The van der Waals surface area contributed by atoms with Crippen LogP contribution in [0.5, 0.6) is 0 Å². The van der Waals surface area contributed by atoms with Crippen LogP contribution in [0.4, 0.5) is 5.69 Å². The number of benzene rings is 1. The Hall–Kier alpha value is -3.42. The number of anilines is 1. The van der Waals surface area contributed by atoms with E-state index in [2.05, 4.69) is 20.3 Å². The van der Waals surface area contributed by atoms with Gasteiger partial charge in [-0.15, -0.1) is 0 Å². The summed E-state index contributed by atoms with van der Waals surface area (Å²) >= 11 is 0. The maximum atomic E-state index is 12.8. The Morgan fingerprint density at radius 3 is 2.62 bits per heavy atom. The lowest BCUT2D eigenvalue weighted by Gasteiger charge is -2.19. The number of nitrogens with zero attached hydrogens (tertiary/aromatic N) is 5. The highest BCUT2D eigenvalue weighted by atomic mass is 16.2. The van der Waals surface area contributed by atoms with Gasteiger partial charge in [-0.25, -0.2) is 9.48 Å². The maximum Gasteiger partial charge on any atom is 0.346 e. The van der Waals surface area contributed by atoms with Crippen molar-refractivity contribution in [2.24, 2.45) is 0 Å². The molecule has 1 atom stereocenters. The number of fused-ring (bicyclic) bond motifs is 1. The Kier molecular flexibility index (Phi) is 5.75. The lowest BCUT2D eigenvalue weighted by Crippen LogP contribution is -2.35. The van der Waals surface area contributed by atoms with Crippen LogP contribution in [0.3, 0.4) is 0 Å². The molecule has 0 aliphatic carbocycles. The zero-order valence-corrected chi connectivity index (χ0v) is 18.1. The number of pyridine rings is 1. The fraction of sp³-hybridized carbons (Fsp3) is 0.417. The van der Waals surface area contributed by atoms with Gasteiger partial charge in [0.25, 0.3) is 5.91 Å². The summed E-state index contributed by atoms with van der Waals surface area (Å²) < 4.78 is 3.25. The average Bonchev–Trinajstić information content (AvgIpc) is 3.40. The Labute approximate surface area is 186 Å². The van der Waals surface area contributed by atoms with Crippen LogP contribution < -0.4 is 15.9 Å². The molecule has 0 radical (unpaired) electrons. The minimum atomic E-state index is -0.103. The first-order valence-electron chi connectivity index (χ1n) is 11.4. The van der Waals surface area contributed by atoms with Crippen LogP contribution in [0.1, 0.15) is 47.4 Å². The number of hydrogen-bond acceptors (Lipinski definition) is 5. The second-order valence-corrected chi connectivity index (χ2v) is 8.61. The van der Waals surface area contributed by atoms with Gasteiger partial charge in [-0.3, -0.25) is 14.3 Å². The van der Waals surface area contributed by atoms with E-state index >= 15 is 0 Å². The smallest absolute Gasteiger partial charge is 0.346 e. The van der Waals surface area contributed by atoms with Crippen LogP contribution in [0.2, 0.25) is 0 Å². The summed E-state index contributed by atoms with van der Waals surface area (Å²) in [7, 11) is 0. The lowest BCUT2D eigenvalue weighted by molar-refractivity contribution is 0.0933. The normalized spacial score (nSPS) is 18.2. The Morgan fingerprint density at radius 2 is 1.88 bits per heavy atom. The van der Waals surface area contributed by atoms with Crippen LogP contribution in [0, 0.1) is 0 Å². The minimum absolute atomic E-state index is 0.0219. The van der Waals surface area contributed by atoms with Gasteiger partial charge in [-0.1, -0.05) is 6.07 Å². The molecule has 0 saturated carbocycles. The predicted molar refractivity (Wildman–Crippen MR) is 122 cm³/mol. The van der Waals surface area contributed by atoms with Gasteiger partial charge in [0.05, 0.1) is 6.54 Å². The number of amides is 1. The predicted octanol–water partition coefficient (Wildman–Crippen LogP) is 2.22. The molecule has 1 unspecified atom stereocenters. The summed E-state index contributed by atoms with van der Waals surface area (Å²) in [6, 6.07) is 11.7. The van der Waals surface area contributed by atoms with Crippen LogP contribution >= 0.6 is 0 Å². The van der Waals surface area contributed by atoms with Crippen molar-refractivity contribution in [3.05, 3.63) is 76.2 Å². The van der Waals surface area contributed by atoms with Crippen LogP contribution in [0.15, 0.2) is 53.6 Å². The summed E-state index contributed by atoms with van der Waals surface area (Å²) in [6.45, 7) is 3.15. The molecular weight excluding hydrogens is 404 g/mol. The molecule has 8 nitrogen and oxygen atoms in total. The van der Waals surface area contributed by atoms with E-state index in [4.69, 9.17) is 0 Å². The number of nitrogens with one attached hydrogen (secondary N) is 1. The van der Waals surface area contributed by atoms with Crippen molar-refractivity contribution in [2.75, 3.05) is 18.0 Å². The molecule has 2 aliphatic rings. The highest BCUT2D eigenvalue weighted by Crippen LogP contribution is 2.21. The molecule has 1 aromatic carbocycles. The van der Waals surface area contributed by atoms with Gasteiger partial charge in [-0.2, -0.15) is 5.10 Å². The van der Waals surface area contributed by atoms with Crippen molar-refractivity contribution in [3.63, 3.8) is 0 Å². The molecule has 1 saturated heterocycles. The van der Waals surface area contributed by atoms with Crippen molar-refractivity contribution in [2.45, 2.75) is 51.2 Å². The molecule has 166 valence electrons. The highest BCUT2D eigenvalue weighted by molar-refractivity contribution is 5.94. The number of carbonyl (C=O) groups excluding carboxylic acids is 1. The van der Waals surface area contributed by atoms with Crippen molar-refractivity contribution >= 4 is 11.6 Å². The van der Waals surface area contributed by atoms with Gasteiger partial charge in [0.2, 0.25) is 0 Å². The molecule has 2 aromatic heterocycles. The third-order valence-electron chi connectivity index (χ3n) is 6.41. The molecule has 0 bridgehead atoms. The first-order chi connectivity index (χ1) is 15.7. The van der Waals surface area contributed by atoms with Gasteiger partial charge in [0.15, 0.2) is 0 Å². The number of carbonyl (C=O) groups is 1. The molecule has 1 N–H and O–H groups in total. The Balaban J connectivity index is 1.20. The van der Waals surface area contributed by atoms with E-state index in [9.17, 15) is 9.59 Å². The highest BCUT2D eigenvalue weighted by Gasteiger charge is 2.23. The third kappa shape index (κ3) is 4.30. The molecule has 1 fully saturated rings. The molecular formula is C24H28N6O2. The molecule has 4 heterocycles. The topological polar surface area (TPSA) is 85.0 Å². The maximum absolute atomic E-state index is 12.8. The molecule has 32 heavy (non-hydrogen) atoms. The zero-order chi connectivity index (χ0) is 21.9. The van der Waals surface area contributed by atoms with E-state index in [1.807, 2.05) is 36.4 Å².